The number of aromatic nitrogens is 4. The Bertz CT molecular complexity index is 1230. The molecule has 0 unspecified atom stereocenters. The van der Waals surface area contributed by atoms with Crippen LogP contribution in [0.3, 0.4) is 0 Å². The minimum atomic E-state index is 0.458. The van der Waals surface area contributed by atoms with E-state index in [4.69, 9.17) is 4.74 Å². The maximum atomic E-state index is 5.65. The molecule has 2 heterocycles. The lowest BCUT2D eigenvalue weighted by atomic mass is 9.99. The summed E-state index contributed by atoms with van der Waals surface area (Å²) < 4.78 is 6.53. The van der Waals surface area contributed by atoms with Crippen molar-refractivity contribution in [1.82, 2.24) is 20.2 Å². The molecule has 7 nitrogen and oxygen atoms in total. The van der Waals surface area contributed by atoms with E-state index in [9.17, 15) is 0 Å². The molecule has 0 aliphatic rings. The quantitative estimate of drug-likeness (QED) is 0.179. The summed E-state index contributed by atoms with van der Waals surface area (Å²) in [5, 5.41) is 13.6. The van der Waals surface area contributed by atoms with Crippen LogP contribution in [0.25, 0.3) is 11.1 Å². The molecule has 0 fully saturated rings. The molecular weight excluding hydrogens is 523 g/mol. The van der Waals surface area contributed by atoms with Gasteiger partial charge in [-0.3, -0.25) is 5.10 Å². The fraction of sp³-hybridized carbons (Fsp3) is 0.136. The topological polar surface area (TPSA) is 87.8 Å². The van der Waals surface area contributed by atoms with Crippen LogP contribution >= 0.6 is 35.2 Å². The van der Waals surface area contributed by atoms with E-state index in [1.807, 2.05) is 49.4 Å². The van der Waals surface area contributed by atoms with Crippen LogP contribution in [0.1, 0.15) is 11.3 Å². The molecule has 0 radical (unpaired) electrons. The summed E-state index contributed by atoms with van der Waals surface area (Å²) in [6.07, 6.45) is 1.75. The molecule has 4 rings (SSSR count). The first kappa shape index (κ1) is 21.4. The Morgan fingerprint density at radius 2 is 1.84 bits per heavy atom. The largest absolute Gasteiger partial charge is 0.495 e. The van der Waals surface area contributed by atoms with Crippen LogP contribution in [-0.2, 0) is 0 Å². The second kappa shape index (κ2) is 9.15. The highest BCUT2D eigenvalue weighted by Gasteiger charge is 2.13. The number of halogens is 1. The van der Waals surface area contributed by atoms with Crippen LogP contribution in [0.5, 0.6) is 5.75 Å². The lowest BCUT2D eigenvalue weighted by molar-refractivity contribution is 0.417. The van der Waals surface area contributed by atoms with E-state index in [1.54, 1.807) is 13.3 Å². The van der Waals surface area contributed by atoms with Crippen molar-refractivity contribution < 1.29 is 4.74 Å². The van der Waals surface area contributed by atoms with Crippen molar-refractivity contribution in [3.63, 3.8) is 0 Å². The summed E-state index contributed by atoms with van der Waals surface area (Å²) in [6.45, 7) is 4.01. The Balaban J connectivity index is 1.63. The van der Waals surface area contributed by atoms with Gasteiger partial charge in [0.05, 0.1) is 16.4 Å². The highest BCUT2D eigenvalue weighted by molar-refractivity contribution is 14.1. The van der Waals surface area contributed by atoms with Crippen molar-refractivity contribution in [2.45, 2.75) is 18.7 Å². The number of aryl methyl sites for hydroxylation is 2. The van der Waals surface area contributed by atoms with E-state index in [-0.39, 0.29) is 0 Å². The predicted octanol–water partition coefficient (Wildman–Crippen LogP) is 5.87. The molecule has 9 heteroatoms. The molecule has 2 aromatic carbocycles. The molecule has 0 amide bonds. The van der Waals surface area contributed by atoms with Gasteiger partial charge in [-0.1, -0.05) is 12.1 Å². The number of nitrogens with zero attached hydrogens (tertiary/aromatic N) is 3. The van der Waals surface area contributed by atoms with E-state index >= 15 is 0 Å². The van der Waals surface area contributed by atoms with Crippen LogP contribution in [0, 0.1) is 17.4 Å². The van der Waals surface area contributed by atoms with Gasteiger partial charge in [0, 0.05) is 22.9 Å². The zero-order valence-corrected chi connectivity index (χ0v) is 20.2. The van der Waals surface area contributed by atoms with E-state index in [1.165, 1.54) is 0 Å². The Morgan fingerprint density at radius 3 is 2.52 bits per heavy atom. The van der Waals surface area contributed by atoms with Gasteiger partial charge in [0.25, 0.3) is 0 Å². The molecule has 2 aromatic heterocycles. The van der Waals surface area contributed by atoms with Crippen LogP contribution in [0.15, 0.2) is 53.6 Å². The minimum Gasteiger partial charge on any atom is -0.495 e. The van der Waals surface area contributed by atoms with Gasteiger partial charge in [-0.05, 0) is 77.4 Å². The number of hydrogen-bond acceptors (Lipinski definition) is 7. The smallest absolute Gasteiger partial charge is 0.229 e. The van der Waals surface area contributed by atoms with E-state index < -0.39 is 0 Å². The molecule has 158 valence electrons. The maximum absolute atomic E-state index is 5.65. The second-order valence-corrected chi connectivity index (χ2v) is 8.67. The molecule has 0 aliphatic carbocycles. The average molecular weight is 544 g/mol. The van der Waals surface area contributed by atoms with E-state index in [0.29, 0.717) is 23.3 Å². The molecule has 0 saturated heterocycles. The van der Waals surface area contributed by atoms with Gasteiger partial charge in [0.15, 0.2) is 11.6 Å². The fourth-order valence-corrected chi connectivity index (χ4v) is 3.69. The van der Waals surface area contributed by atoms with Gasteiger partial charge in [0.1, 0.15) is 5.75 Å². The molecule has 31 heavy (non-hydrogen) atoms. The van der Waals surface area contributed by atoms with Crippen molar-refractivity contribution in [3.05, 3.63) is 63.5 Å². The van der Waals surface area contributed by atoms with Crippen molar-refractivity contribution in [2.75, 3.05) is 17.7 Å². The standard InChI is InChI=1S/C22H21IN6OS/c1-12-8-18(19(30-3)10-16(12)14-4-6-15(31)7-5-14)25-22-24-11-17(23)21(27-22)26-20-9-13(2)28-29-20/h4-11,31H,1-3H3,(H3,24,25,26,27,28,29). The van der Waals surface area contributed by atoms with Crippen LogP contribution in [0.4, 0.5) is 23.3 Å². The molecule has 0 spiro atoms. The number of rotatable bonds is 6. The van der Waals surface area contributed by atoms with E-state index in [2.05, 4.69) is 72.9 Å². The Hall–Kier alpha value is -2.79. The summed E-state index contributed by atoms with van der Waals surface area (Å²) in [5.41, 5.74) is 5.06. The minimum absolute atomic E-state index is 0.458. The second-order valence-electron chi connectivity index (χ2n) is 6.99. The molecule has 0 saturated carbocycles. The fourth-order valence-electron chi connectivity index (χ4n) is 3.15. The zero-order chi connectivity index (χ0) is 22.0. The maximum Gasteiger partial charge on any atom is 0.229 e. The lowest BCUT2D eigenvalue weighted by Gasteiger charge is -2.15. The summed E-state index contributed by atoms with van der Waals surface area (Å²) in [7, 11) is 1.65. The van der Waals surface area contributed by atoms with Crippen molar-refractivity contribution >= 4 is 58.5 Å². The Labute approximate surface area is 199 Å². The van der Waals surface area contributed by atoms with Crippen molar-refractivity contribution in [1.29, 1.82) is 0 Å². The van der Waals surface area contributed by atoms with Gasteiger partial charge in [-0.15, -0.1) is 12.6 Å². The summed E-state index contributed by atoms with van der Waals surface area (Å²) in [6, 6.07) is 14.0. The molecule has 0 bridgehead atoms. The zero-order valence-electron chi connectivity index (χ0n) is 17.2. The molecule has 0 atom stereocenters. The summed E-state index contributed by atoms with van der Waals surface area (Å²) in [5.74, 6) is 2.53. The molecular formula is C22H21IN6OS. The first-order chi connectivity index (χ1) is 14.9. The number of benzene rings is 2. The lowest BCUT2D eigenvalue weighted by Crippen LogP contribution is -2.04. The van der Waals surface area contributed by atoms with Crippen LogP contribution in [-0.4, -0.2) is 27.3 Å². The number of nitrogens with one attached hydrogen (secondary N) is 3. The van der Waals surface area contributed by atoms with Gasteiger partial charge in [0.2, 0.25) is 5.95 Å². The van der Waals surface area contributed by atoms with Gasteiger partial charge >= 0.3 is 0 Å². The van der Waals surface area contributed by atoms with Gasteiger partial charge in [-0.25, -0.2) is 4.98 Å². The summed E-state index contributed by atoms with van der Waals surface area (Å²) in [4.78, 5) is 9.95. The van der Waals surface area contributed by atoms with E-state index in [0.717, 1.165) is 36.5 Å². The average Bonchev–Trinajstić information content (AvgIpc) is 3.16. The number of thiol groups is 1. The normalized spacial score (nSPS) is 10.7. The predicted molar refractivity (Wildman–Crippen MR) is 135 cm³/mol. The first-order valence-electron chi connectivity index (χ1n) is 9.49. The van der Waals surface area contributed by atoms with Crippen molar-refractivity contribution in [2.24, 2.45) is 0 Å². The highest BCUT2D eigenvalue weighted by atomic mass is 127. The monoisotopic (exact) mass is 544 g/mol. The van der Waals surface area contributed by atoms with Crippen LogP contribution < -0.4 is 15.4 Å². The first-order valence-corrected chi connectivity index (χ1v) is 11.0. The van der Waals surface area contributed by atoms with Gasteiger partial charge in [-0.2, -0.15) is 10.1 Å². The summed E-state index contributed by atoms with van der Waals surface area (Å²) >= 11 is 6.56. The third-order valence-electron chi connectivity index (χ3n) is 4.67. The molecule has 4 aromatic rings. The molecule has 3 N–H and O–H groups in total. The number of aromatic amines is 1. The number of hydrogen-bond donors (Lipinski definition) is 4. The number of H-pyrrole nitrogens is 1. The number of anilines is 4. The third kappa shape index (κ3) is 4.93. The van der Waals surface area contributed by atoms with Gasteiger partial charge < -0.3 is 15.4 Å². The highest BCUT2D eigenvalue weighted by Crippen LogP contribution is 2.35. The number of methoxy groups -OCH3 is 1. The SMILES string of the molecule is COc1cc(-c2ccc(S)cc2)c(C)cc1Nc1ncc(I)c(Nc2cc(C)[nH]n2)n1. The van der Waals surface area contributed by atoms with Crippen molar-refractivity contribution in [3.8, 4) is 16.9 Å². The Morgan fingerprint density at radius 1 is 1.06 bits per heavy atom. The van der Waals surface area contributed by atoms with Crippen LogP contribution in [0.2, 0.25) is 0 Å². The Kier molecular flexibility index (Phi) is 6.33. The third-order valence-corrected chi connectivity index (χ3v) is 5.76. The molecule has 0 aliphatic heterocycles. The number of ether oxygens (including phenoxy) is 1.